The molecule has 0 aliphatic carbocycles. The first-order valence-electron chi connectivity index (χ1n) is 10.5. The van der Waals surface area contributed by atoms with Crippen LogP contribution < -0.4 is 5.32 Å². The number of aromatic hydroxyl groups is 1. The second kappa shape index (κ2) is 8.41. The van der Waals surface area contributed by atoms with Crippen molar-refractivity contribution in [2.24, 2.45) is 0 Å². The van der Waals surface area contributed by atoms with Gasteiger partial charge in [-0.25, -0.2) is 0 Å². The van der Waals surface area contributed by atoms with Gasteiger partial charge in [0.15, 0.2) is 5.82 Å². The molecule has 166 valence electrons. The first kappa shape index (κ1) is 22.0. The molecular weight excluding hydrogens is 426 g/mol. The molecule has 0 fully saturated rings. The predicted octanol–water partition coefficient (Wildman–Crippen LogP) is 5.03. The molecule has 2 aromatic heterocycles. The molecular formula is C24H26ClN5O2. The van der Waals surface area contributed by atoms with Gasteiger partial charge in [-0.1, -0.05) is 23.7 Å². The number of hydrogen-bond donors (Lipinski definition) is 3. The van der Waals surface area contributed by atoms with Gasteiger partial charge >= 0.3 is 0 Å². The summed E-state index contributed by atoms with van der Waals surface area (Å²) in [5.41, 5.74) is 3.02. The summed E-state index contributed by atoms with van der Waals surface area (Å²) in [5, 5.41) is 39.3. The average molecular weight is 452 g/mol. The maximum atomic E-state index is 10.6. The molecule has 0 radical (unpaired) electrons. The second-order valence-electron chi connectivity index (χ2n) is 8.53. The van der Waals surface area contributed by atoms with Gasteiger partial charge in [-0.2, -0.15) is 5.10 Å². The van der Waals surface area contributed by atoms with Crippen molar-refractivity contribution >= 4 is 28.2 Å². The standard InChI is InChI=1S/C24H26ClN5O2/c1-5-30-12-16(11-27-30)15-6-7-18-19(9-15)23(26-13-24(3,4)32)29-28-22(18)21-14(2)8-17(25)10-20(21)31/h6-12,31-32H,5,13H2,1-4H3,(H,26,29). The number of hydrogen-bond acceptors (Lipinski definition) is 6. The molecule has 0 bridgehead atoms. The summed E-state index contributed by atoms with van der Waals surface area (Å²) in [6, 6.07) is 9.30. The number of phenolic OH excluding ortho intramolecular Hbond substituents is 1. The molecule has 0 spiro atoms. The Kier molecular flexibility index (Phi) is 5.79. The summed E-state index contributed by atoms with van der Waals surface area (Å²) in [4.78, 5) is 0. The molecule has 7 nitrogen and oxygen atoms in total. The number of halogens is 1. The van der Waals surface area contributed by atoms with Crippen molar-refractivity contribution in [2.75, 3.05) is 11.9 Å². The van der Waals surface area contributed by atoms with Crippen LogP contribution in [-0.2, 0) is 6.54 Å². The van der Waals surface area contributed by atoms with E-state index < -0.39 is 5.60 Å². The molecule has 0 saturated carbocycles. The number of rotatable bonds is 6. The number of aliphatic hydroxyl groups is 1. The Bertz CT molecular complexity index is 1270. The summed E-state index contributed by atoms with van der Waals surface area (Å²) < 4.78 is 1.87. The molecule has 2 heterocycles. The molecule has 0 aliphatic heterocycles. The zero-order valence-electron chi connectivity index (χ0n) is 18.5. The topological polar surface area (TPSA) is 96.1 Å². The molecule has 8 heteroatoms. The number of nitrogens with one attached hydrogen (secondary N) is 1. The van der Waals surface area contributed by atoms with E-state index in [0.29, 0.717) is 28.6 Å². The lowest BCUT2D eigenvalue weighted by atomic mass is 9.97. The third kappa shape index (κ3) is 4.40. The van der Waals surface area contributed by atoms with Crippen molar-refractivity contribution in [3.63, 3.8) is 0 Å². The van der Waals surface area contributed by atoms with E-state index in [4.69, 9.17) is 11.6 Å². The molecule has 0 saturated heterocycles. The van der Waals surface area contributed by atoms with Crippen LogP contribution >= 0.6 is 11.6 Å². The first-order valence-corrected chi connectivity index (χ1v) is 10.8. The molecule has 4 rings (SSSR count). The Labute approximate surface area is 191 Å². The van der Waals surface area contributed by atoms with Gasteiger partial charge in [0.05, 0.1) is 11.8 Å². The number of benzene rings is 2. The molecule has 3 N–H and O–H groups in total. The smallest absolute Gasteiger partial charge is 0.156 e. The fraction of sp³-hybridized carbons (Fsp3) is 0.292. The Morgan fingerprint density at radius 2 is 1.88 bits per heavy atom. The highest BCUT2D eigenvalue weighted by Crippen LogP contribution is 2.39. The van der Waals surface area contributed by atoms with Crippen LogP contribution in [0.1, 0.15) is 26.3 Å². The van der Waals surface area contributed by atoms with Gasteiger partial charge < -0.3 is 15.5 Å². The fourth-order valence-corrected chi connectivity index (χ4v) is 3.94. The highest BCUT2D eigenvalue weighted by Gasteiger charge is 2.19. The maximum Gasteiger partial charge on any atom is 0.156 e. The average Bonchev–Trinajstić information content (AvgIpc) is 3.20. The van der Waals surface area contributed by atoms with Gasteiger partial charge in [-0.15, -0.1) is 10.2 Å². The van der Waals surface area contributed by atoms with E-state index in [0.717, 1.165) is 34.0 Å². The van der Waals surface area contributed by atoms with Gasteiger partial charge in [0.1, 0.15) is 11.4 Å². The van der Waals surface area contributed by atoms with Crippen LogP contribution in [0, 0.1) is 6.92 Å². The molecule has 0 unspecified atom stereocenters. The minimum atomic E-state index is -0.919. The second-order valence-corrected chi connectivity index (χ2v) is 8.96. The van der Waals surface area contributed by atoms with Crippen molar-refractivity contribution < 1.29 is 10.2 Å². The minimum Gasteiger partial charge on any atom is -0.507 e. The predicted molar refractivity (Wildman–Crippen MR) is 128 cm³/mol. The number of nitrogens with zero attached hydrogens (tertiary/aromatic N) is 4. The van der Waals surface area contributed by atoms with Crippen molar-refractivity contribution in [1.29, 1.82) is 0 Å². The van der Waals surface area contributed by atoms with Crippen LogP contribution in [0.25, 0.3) is 33.2 Å². The highest BCUT2D eigenvalue weighted by molar-refractivity contribution is 6.31. The summed E-state index contributed by atoms with van der Waals surface area (Å²) in [5.74, 6) is 0.609. The lowest BCUT2D eigenvalue weighted by Gasteiger charge is -2.19. The third-order valence-corrected chi connectivity index (χ3v) is 5.49. The Morgan fingerprint density at radius 1 is 1.09 bits per heavy atom. The van der Waals surface area contributed by atoms with Gasteiger partial charge in [0, 0.05) is 46.2 Å². The number of aromatic nitrogens is 4. The van der Waals surface area contributed by atoms with Gasteiger partial charge in [-0.3, -0.25) is 4.68 Å². The third-order valence-electron chi connectivity index (χ3n) is 5.28. The largest absolute Gasteiger partial charge is 0.507 e. The van der Waals surface area contributed by atoms with Gasteiger partial charge in [-0.05, 0) is 57.0 Å². The van der Waals surface area contributed by atoms with E-state index in [1.54, 1.807) is 19.9 Å². The van der Waals surface area contributed by atoms with Gasteiger partial charge in [0.25, 0.3) is 0 Å². The molecule has 0 aliphatic rings. The quantitative estimate of drug-likeness (QED) is 0.380. The van der Waals surface area contributed by atoms with Crippen LogP contribution in [0.5, 0.6) is 5.75 Å². The summed E-state index contributed by atoms with van der Waals surface area (Å²) >= 11 is 6.10. The van der Waals surface area contributed by atoms with E-state index in [-0.39, 0.29) is 5.75 Å². The molecule has 2 aromatic carbocycles. The highest BCUT2D eigenvalue weighted by atomic mass is 35.5. The zero-order chi connectivity index (χ0) is 23.0. The van der Waals surface area contributed by atoms with Gasteiger partial charge in [0.2, 0.25) is 0 Å². The van der Waals surface area contributed by atoms with Crippen molar-refractivity contribution in [2.45, 2.75) is 39.8 Å². The maximum absolute atomic E-state index is 10.6. The summed E-state index contributed by atoms with van der Waals surface area (Å²) in [7, 11) is 0. The number of anilines is 1. The summed E-state index contributed by atoms with van der Waals surface area (Å²) in [6.45, 7) is 8.46. The van der Waals surface area contributed by atoms with Crippen LogP contribution in [0.4, 0.5) is 5.82 Å². The minimum absolute atomic E-state index is 0.0519. The first-order chi connectivity index (χ1) is 15.2. The molecule has 4 aromatic rings. The van der Waals surface area contributed by atoms with E-state index in [9.17, 15) is 10.2 Å². The zero-order valence-corrected chi connectivity index (χ0v) is 19.3. The SMILES string of the molecule is CCn1cc(-c2ccc3c(-c4c(C)cc(Cl)cc4O)nnc(NCC(C)(C)O)c3c2)cn1. The molecule has 0 atom stereocenters. The van der Waals surface area contributed by atoms with Crippen LogP contribution in [0.15, 0.2) is 42.7 Å². The molecule has 32 heavy (non-hydrogen) atoms. The lowest BCUT2D eigenvalue weighted by molar-refractivity contribution is 0.0944. The van der Waals surface area contributed by atoms with E-state index in [1.807, 2.05) is 49.1 Å². The Hall–Kier alpha value is -3.16. The number of aryl methyl sites for hydroxylation is 2. The monoisotopic (exact) mass is 451 g/mol. The normalized spacial score (nSPS) is 11.8. The van der Waals surface area contributed by atoms with Crippen LogP contribution in [-0.4, -0.2) is 42.3 Å². The van der Waals surface area contributed by atoms with Crippen molar-refractivity contribution in [3.8, 4) is 28.1 Å². The van der Waals surface area contributed by atoms with E-state index in [1.165, 1.54) is 6.07 Å². The molecule has 0 amide bonds. The van der Waals surface area contributed by atoms with E-state index >= 15 is 0 Å². The van der Waals surface area contributed by atoms with E-state index in [2.05, 4.69) is 20.6 Å². The Morgan fingerprint density at radius 3 is 2.53 bits per heavy atom. The van der Waals surface area contributed by atoms with Crippen LogP contribution in [0.3, 0.4) is 0 Å². The summed E-state index contributed by atoms with van der Waals surface area (Å²) in [6.07, 6.45) is 3.83. The van der Waals surface area contributed by atoms with Crippen molar-refractivity contribution in [3.05, 3.63) is 53.3 Å². The van der Waals surface area contributed by atoms with Crippen LogP contribution in [0.2, 0.25) is 5.02 Å². The lowest BCUT2D eigenvalue weighted by Crippen LogP contribution is -2.29. The number of fused-ring (bicyclic) bond motifs is 1. The number of phenols is 1. The Balaban J connectivity index is 1.92. The fourth-order valence-electron chi connectivity index (χ4n) is 3.67. The van der Waals surface area contributed by atoms with Crippen molar-refractivity contribution in [1.82, 2.24) is 20.0 Å².